The molecular formula is C9H9ClN2O6S. The molecule has 0 aliphatic heterocycles. The second kappa shape index (κ2) is 5.85. The number of halogens is 1. The number of carbonyl (C=O) groups is 1. The van der Waals surface area contributed by atoms with Crippen LogP contribution in [0.3, 0.4) is 0 Å². The molecule has 0 saturated carbocycles. The third kappa shape index (κ3) is 3.80. The number of nitrogens with zero attached hydrogens (tertiary/aromatic N) is 1. The van der Waals surface area contributed by atoms with Crippen molar-refractivity contribution in [1.29, 1.82) is 0 Å². The Kier molecular flexibility index (Phi) is 4.67. The number of nitrogens with one attached hydrogen (secondary N) is 1. The molecule has 0 spiro atoms. The summed E-state index contributed by atoms with van der Waals surface area (Å²) in [5.41, 5.74) is -0.464. The molecule has 0 aromatic heterocycles. The molecular weight excluding hydrogens is 300 g/mol. The largest absolute Gasteiger partial charge is 0.449 e. The van der Waals surface area contributed by atoms with Crippen LogP contribution in [0.1, 0.15) is 6.92 Å². The minimum absolute atomic E-state index is 0.0238. The topological polar surface area (TPSA) is 116 Å². The number of sulfonamides is 1. The van der Waals surface area contributed by atoms with Gasteiger partial charge in [0.1, 0.15) is 4.90 Å². The molecule has 1 N–H and O–H groups in total. The number of rotatable bonds is 4. The highest BCUT2D eigenvalue weighted by atomic mass is 35.5. The van der Waals surface area contributed by atoms with Crippen molar-refractivity contribution >= 4 is 33.4 Å². The zero-order chi connectivity index (χ0) is 14.6. The van der Waals surface area contributed by atoms with Crippen molar-refractivity contribution in [3.8, 4) is 0 Å². The number of non-ortho nitro benzene ring substituents is 1. The van der Waals surface area contributed by atoms with Crippen LogP contribution in [0.4, 0.5) is 10.5 Å². The van der Waals surface area contributed by atoms with Crippen LogP contribution in [0, 0.1) is 10.1 Å². The van der Waals surface area contributed by atoms with Gasteiger partial charge in [-0.05, 0) is 13.0 Å². The molecule has 0 fully saturated rings. The van der Waals surface area contributed by atoms with E-state index in [0.29, 0.717) is 0 Å². The monoisotopic (exact) mass is 308 g/mol. The van der Waals surface area contributed by atoms with E-state index in [1.807, 2.05) is 0 Å². The van der Waals surface area contributed by atoms with E-state index in [2.05, 4.69) is 4.74 Å². The molecule has 0 heterocycles. The molecule has 0 aliphatic carbocycles. The van der Waals surface area contributed by atoms with Crippen molar-refractivity contribution in [2.45, 2.75) is 11.8 Å². The Labute approximate surface area is 113 Å². The molecule has 0 aliphatic rings. The minimum atomic E-state index is -4.33. The molecule has 19 heavy (non-hydrogen) atoms. The Hall–Kier alpha value is -1.87. The maximum atomic E-state index is 11.8. The molecule has 1 rings (SSSR count). The summed E-state index contributed by atoms with van der Waals surface area (Å²) in [7, 11) is -4.33. The Balaban J connectivity index is 3.17. The van der Waals surface area contributed by atoms with E-state index in [9.17, 15) is 23.3 Å². The van der Waals surface area contributed by atoms with Crippen LogP contribution in [0.15, 0.2) is 23.1 Å². The molecule has 8 nitrogen and oxygen atoms in total. The SMILES string of the molecule is CCOC(=O)NS(=O)(=O)c1cc([N+](=O)[O-])ccc1Cl. The Morgan fingerprint density at radius 3 is 2.68 bits per heavy atom. The normalized spacial score (nSPS) is 10.8. The van der Waals surface area contributed by atoms with Crippen LogP contribution in [-0.2, 0) is 14.8 Å². The van der Waals surface area contributed by atoms with Crippen molar-refractivity contribution in [1.82, 2.24) is 4.72 Å². The molecule has 10 heteroatoms. The van der Waals surface area contributed by atoms with E-state index < -0.39 is 31.6 Å². The highest BCUT2D eigenvalue weighted by molar-refractivity contribution is 7.90. The smallest absolute Gasteiger partial charge is 0.421 e. The molecule has 0 bridgehead atoms. The molecule has 0 radical (unpaired) electrons. The predicted molar refractivity (Wildman–Crippen MR) is 65.4 cm³/mol. The third-order valence-corrected chi connectivity index (χ3v) is 3.70. The Morgan fingerprint density at radius 1 is 1.53 bits per heavy atom. The number of amides is 1. The zero-order valence-corrected chi connectivity index (χ0v) is 11.2. The first-order valence-electron chi connectivity index (χ1n) is 4.91. The second-order valence-electron chi connectivity index (χ2n) is 3.20. The number of carbonyl (C=O) groups excluding carboxylic acids is 1. The van der Waals surface area contributed by atoms with Crippen molar-refractivity contribution in [2.24, 2.45) is 0 Å². The average Bonchev–Trinajstić information content (AvgIpc) is 2.28. The van der Waals surface area contributed by atoms with E-state index in [1.165, 1.54) is 6.92 Å². The summed E-state index contributed by atoms with van der Waals surface area (Å²) in [6, 6.07) is 2.86. The molecule has 1 aromatic carbocycles. The van der Waals surface area contributed by atoms with Crippen LogP contribution < -0.4 is 4.72 Å². The maximum absolute atomic E-state index is 11.8. The first-order valence-corrected chi connectivity index (χ1v) is 6.77. The lowest BCUT2D eigenvalue weighted by Crippen LogP contribution is -2.31. The van der Waals surface area contributed by atoms with Gasteiger partial charge in [0, 0.05) is 12.1 Å². The fourth-order valence-corrected chi connectivity index (χ4v) is 2.55. The van der Waals surface area contributed by atoms with Crippen molar-refractivity contribution < 1.29 is 22.9 Å². The van der Waals surface area contributed by atoms with Crippen molar-refractivity contribution in [3.63, 3.8) is 0 Å². The minimum Gasteiger partial charge on any atom is -0.449 e. The summed E-state index contributed by atoms with van der Waals surface area (Å²) in [6.45, 7) is 1.47. The van der Waals surface area contributed by atoms with Crippen molar-refractivity contribution in [2.75, 3.05) is 6.61 Å². The summed E-state index contributed by atoms with van der Waals surface area (Å²) in [5.74, 6) is 0. The number of benzene rings is 1. The Morgan fingerprint density at radius 2 is 2.16 bits per heavy atom. The molecule has 1 amide bonds. The first kappa shape index (κ1) is 15.2. The van der Waals surface area contributed by atoms with Gasteiger partial charge in [-0.3, -0.25) is 10.1 Å². The average molecular weight is 309 g/mol. The molecule has 0 atom stereocenters. The van der Waals surface area contributed by atoms with Crippen LogP contribution in [0.2, 0.25) is 5.02 Å². The number of nitro groups is 1. The third-order valence-electron chi connectivity index (χ3n) is 1.91. The van der Waals surface area contributed by atoms with Crippen LogP contribution in [0.25, 0.3) is 0 Å². The van der Waals surface area contributed by atoms with Gasteiger partial charge in [-0.2, -0.15) is 0 Å². The summed E-state index contributed by atoms with van der Waals surface area (Å²) in [4.78, 5) is 20.3. The molecule has 0 unspecified atom stereocenters. The van der Waals surface area contributed by atoms with E-state index >= 15 is 0 Å². The maximum Gasteiger partial charge on any atom is 0.421 e. The van der Waals surface area contributed by atoms with E-state index in [4.69, 9.17) is 11.6 Å². The van der Waals surface area contributed by atoms with Crippen LogP contribution in [-0.4, -0.2) is 26.0 Å². The highest BCUT2D eigenvalue weighted by Gasteiger charge is 2.24. The molecule has 1 aromatic rings. The highest BCUT2D eigenvalue weighted by Crippen LogP contribution is 2.25. The Bertz CT molecular complexity index is 615. The van der Waals surface area contributed by atoms with Gasteiger partial charge in [0.05, 0.1) is 16.6 Å². The molecule has 0 saturated heterocycles. The lowest BCUT2D eigenvalue weighted by molar-refractivity contribution is -0.385. The molecule has 104 valence electrons. The quantitative estimate of drug-likeness (QED) is 0.668. The van der Waals surface area contributed by atoms with Gasteiger partial charge in [-0.1, -0.05) is 11.6 Å². The van der Waals surface area contributed by atoms with Gasteiger partial charge in [-0.25, -0.2) is 17.9 Å². The predicted octanol–water partition coefficient (Wildman–Crippen LogP) is 1.68. The van der Waals surface area contributed by atoms with E-state index in [0.717, 1.165) is 18.2 Å². The van der Waals surface area contributed by atoms with E-state index in [1.54, 1.807) is 4.72 Å². The number of hydrogen-bond donors (Lipinski definition) is 1. The van der Waals surface area contributed by atoms with Gasteiger partial charge in [0.15, 0.2) is 0 Å². The summed E-state index contributed by atoms with van der Waals surface area (Å²) < 4.78 is 29.6. The van der Waals surface area contributed by atoms with Crippen molar-refractivity contribution in [3.05, 3.63) is 33.3 Å². The second-order valence-corrected chi connectivity index (χ2v) is 5.26. The summed E-state index contributed by atoms with van der Waals surface area (Å²) >= 11 is 5.65. The standard InChI is InChI=1S/C9H9ClN2O6S/c1-2-18-9(13)11-19(16,17)8-5-6(12(14)15)3-4-7(8)10/h3-5H,2H2,1H3,(H,11,13). The first-order chi connectivity index (χ1) is 8.77. The van der Waals surface area contributed by atoms with E-state index in [-0.39, 0.29) is 11.6 Å². The number of nitro benzene ring substituents is 1. The summed E-state index contributed by atoms with van der Waals surface area (Å²) in [5, 5.41) is 10.3. The van der Waals surface area contributed by atoms with Gasteiger partial charge in [0.25, 0.3) is 15.7 Å². The van der Waals surface area contributed by atoms with Gasteiger partial charge in [-0.15, -0.1) is 0 Å². The van der Waals surface area contributed by atoms with Gasteiger partial charge in [0.2, 0.25) is 0 Å². The zero-order valence-electron chi connectivity index (χ0n) is 9.62. The van der Waals surface area contributed by atoms with Crippen LogP contribution >= 0.6 is 11.6 Å². The van der Waals surface area contributed by atoms with Gasteiger partial charge >= 0.3 is 6.09 Å². The lowest BCUT2D eigenvalue weighted by atomic mass is 10.3. The van der Waals surface area contributed by atoms with Crippen LogP contribution in [0.5, 0.6) is 0 Å². The summed E-state index contributed by atoms with van der Waals surface area (Å²) in [6.07, 6.45) is -1.19. The van der Waals surface area contributed by atoms with Gasteiger partial charge < -0.3 is 4.74 Å². The number of hydrogen-bond acceptors (Lipinski definition) is 6. The fraction of sp³-hybridized carbons (Fsp3) is 0.222. The fourth-order valence-electron chi connectivity index (χ4n) is 1.14. The lowest BCUT2D eigenvalue weighted by Gasteiger charge is -2.07. The number of ether oxygens (including phenoxy) is 1.